The number of aromatic nitrogens is 2. The third-order valence-electron chi connectivity index (χ3n) is 5.15. The maximum Gasteiger partial charge on any atom is 0.257 e. The number of halogens is 1. The lowest BCUT2D eigenvalue weighted by Crippen LogP contribution is -2.49. The molecule has 144 valence electrons. The van der Waals surface area contributed by atoms with Crippen LogP contribution in [0.15, 0.2) is 60.9 Å². The van der Waals surface area contributed by atoms with E-state index < -0.39 is 0 Å². The molecule has 1 aliphatic heterocycles. The van der Waals surface area contributed by atoms with Crippen molar-refractivity contribution >= 4 is 23.2 Å². The van der Waals surface area contributed by atoms with Crippen LogP contribution in [0.3, 0.4) is 0 Å². The molecule has 1 fully saturated rings. The smallest absolute Gasteiger partial charge is 0.257 e. The highest BCUT2D eigenvalue weighted by Crippen LogP contribution is 2.25. The molecule has 1 aromatic heterocycles. The Morgan fingerprint density at radius 1 is 1.07 bits per heavy atom. The van der Waals surface area contributed by atoms with Crippen LogP contribution in [0.25, 0.3) is 0 Å². The summed E-state index contributed by atoms with van der Waals surface area (Å²) in [7, 11) is 0. The largest absolute Gasteiger partial charge is 0.368 e. The SMILES string of the molecule is Cc1ccc(Cl)cc1N1CCN(C(=O)c2cnn(Cc3ccccc3)c2)CC1. The summed E-state index contributed by atoms with van der Waals surface area (Å²) in [6.45, 7) is 5.72. The molecule has 4 rings (SSSR count). The van der Waals surface area contributed by atoms with Crippen molar-refractivity contribution in [2.45, 2.75) is 13.5 Å². The first-order chi connectivity index (χ1) is 13.6. The number of benzene rings is 2. The number of amides is 1. The van der Waals surface area contributed by atoms with Gasteiger partial charge in [0.25, 0.3) is 5.91 Å². The second kappa shape index (κ2) is 8.07. The number of rotatable bonds is 4. The van der Waals surface area contributed by atoms with Gasteiger partial charge in [-0.05, 0) is 30.2 Å². The molecule has 1 saturated heterocycles. The number of piperazine rings is 1. The first-order valence-electron chi connectivity index (χ1n) is 9.47. The molecule has 6 heteroatoms. The number of aryl methyl sites for hydroxylation is 1. The number of hydrogen-bond donors (Lipinski definition) is 0. The normalized spacial score (nSPS) is 14.4. The second-order valence-corrected chi connectivity index (χ2v) is 7.56. The zero-order valence-electron chi connectivity index (χ0n) is 15.9. The van der Waals surface area contributed by atoms with E-state index in [4.69, 9.17) is 11.6 Å². The van der Waals surface area contributed by atoms with Gasteiger partial charge in [-0.1, -0.05) is 48.0 Å². The van der Waals surface area contributed by atoms with Gasteiger partial charge >= 0.3 is 0 Å². The van der Waals surface area contributed by atoms with Crippen LogP contribution in [0, 0.1) is 6.92 Å². The fraction of sp³-hybridized carbons (Fsp3) is 0.273. The average molecular weight is 395 g/mol. The number of hydrogen-bond acceptors (Lipinski definition) is 3. The van der Waals surface area contributed by atoms with Gasteiger partial charge in [0.05, 0.1) is 18.3 Å². The molecule has 1 aliphatic rings. The van der Waals surface area contributed by atoms with E-state index in [1.54, 1.807) is 6.20 Å². The van der Waals surface area contributed by atoms with Gasteiger partial charge in [-0.2, -0.15) is 5.10 Å². The number of anilines is 1. The van der Waals surface area contributed by atoms with E-state index in [-0.39, 0.29) is 5.91 Å². The fourth-order valence-corrected chi connectivity index (χ4v) is 3.75. The minimum Gasteiger partial charge on any atom is -0.368 e. The molecule has 0 N–H and O–H groups in total. The number of carbonyl (C=O) groups excluding carboxylic acids is 1. The highest BCUT2D eigenvalue weighted by Gasteiger charge is 2.24. The summed E-state index contributed by atoms with van der Waals surface area (Å²) in [5.74, 6) is 0.0433. The Morgan fingerprint density at radius 2 is 1.82 bits per heavy atom. The van der Waals surface area contributed by atoms with Crippen LogP contribution >= 0.6 is 11.6 Å². The third kappa shape index (κ3) is 4.04. The van der Waals surface area contributed by atoms with Crippen molar-refractivity contribution in [2.24, 2.45) is 0 Å². The molecule has 0 atom stereocenters. The van der Waals surface area contributed by atoms with E-state index in [0.717, 1.165) is 29.4 Å². The van der Waals surface area contributed by atoms with Crippen LogP contribution in [0.1, 0.15) is 21.5 Å². The Kier molecular flexibility index (Phi) is 5.35. The Labute approximate surface area is 170 Å². The van der Waals surface area contributed by atoms with Crippen LogP contribution in [0.4, 0.5) is 5.69 Å². The van der Waals surface area contributed by atoms with Crippen molar-refractivity contribution in [3.8, 4) is 0 Å². The number of carbonyl (C=O) groups is 1. The molecule has 2 aromatic carbocycles. The zero-order chi connectivity index (χ0) is 19.5. The van der Waals surface area contributed by atoms with Gasteiger partial charge in [0.15, 0.2) is 0 Å². The molecular weight excluding hydrogens is 372 g/mol. The minimum absolute atomic E-state index is 0.0433. The maximum atomic E-state index is 12.9. The monoisotopic (exact) mass is 394 g/mol. The van der Waals surface area contributed by atoms with Crippen molar-refractivity contribution in [1.29, 1.82) is 0 Å². The Bertz CT molecular complexity index is 962. The van der Waals surface area contributed by atoms with Gasteiger partial charge in [0, 0.05) is 43.1 Å². The van der Waals surface area contributed by atoms with Crippen molar-refractivity contribution in [3.63, 3.8) is 0 Å². The second-order valence-electron chi connectivity index (χ2n) is 7.12. The van der Waals surface area contributed by atoms with Crippen LogP contribution in [0.5, 0.6) is 0 Å². The molecule has 0 bridgehead atoms. The molecule has 0 spiro atoms. The molecule has 1 amide bonds. The Balaban J connectivity index is 1.38. The van der Waals surface area contributed by atoms with Crippen molar-refractivity contribution in [1.82, 2.24) is 14.7 Å². The topological polar surface area (TPSA) is 41.4 Å². The summed E-state index contributed by atoms with van der Waals surface area (Å²) >= 11 is 6.16. The molecule has 0 radical (unpaired) electrons. The van der Waals surface area contributed by atoms with E-state index in [2.05, 4.69) is 29.1 Å². The summed E-state index contributed by atoms with van der Waals surface area (Å²) in [5, 5.41) is 5.10. The highest BCUT2D eigenvalue weighted by molar-refractivity contribution is 6.30. The van der Waals surface area contributed by atoms with Gasteiger partial charge in [0.1, 0.15) is 0 Å². The predicted octanol–water partition coefficient (Wildman–Crippen LogP) is 3.86. The lowest BCUT2D eigenvalue weighted by molar-refractivity contribution is 0.0746. The van der Waals surface area contributed by atoms with Crippen molar-refractivity contribution in [2.75, 3.05) is 31.1 Å². The molecule has 28 heavy (non-hydrogen) atoms. The van der Waals surface area contributed by atoms with E-state index in [0.29, 0.717) is 25.2 Å². The first kappa shape index (κ1) is 18.6. The fourth-order valence-electron chi connectivity index (χ4n) is 3.59. The summed E-state index contributed by atoms with van der Waals surface area (Å²) < 4.78 is 1.81. The zero-order valence-corrected chi connectivity index (χ0v) is 16.6. The lowest BCUT2D eigenvalue weighted by atomic mass is 10.1. The lowest BCUT2D eigenvalue weighted by Gasteiger charge is -2.36. The molecule has 3 aromatic rings. The highest BCUT2D eigenvalue weighted by atomic mass is 35.5. The molecule has 0 saturated carbocycles. The predicted molar refractivity (Wildman–Crippen MR) is 112 cm³/mol. The molecule has 5 nitrogen and oxygen atoms in total. The van der Waals surface area contributed by atoms with Gasteiger partial charge < -0.3 is 9.80 Å². The molecular formula is C22H23ClN4O. The standard InChI is InChI=1S/C22H23ClN4O/c1-17-7-8-20(23)13-21(17)25-9-11-26(12-10-25)22(28)19-14-24-27(16-19)15-18-5-3-2-4-6-18/h2-8,13-14,16H,9-12,15H2,1H3. The minimum atomic E-state index is 0.0433. The maximum absolute atomic E-state index is 12.9. The summed E-state index contributed by atoms with van der Waals surface area (Å²) in [4.78, 5) is 17.1. The summed E-state index contributed by atoms with van der Waals surface area (Å²) in [6.07, 6.45) is 3.50. The van der Waals surface area contributed by atoms with E-state index >= 15 is 0 Å². The Morgan fingerprint density at radius 3 is 2.57 bits per heavy atom. The molecule has 2 heterocycles. The Hall–Kier alpha value is -2.79. The van der Waals surface area contributed by atoms with Gasteiger partial charge in [0.2, 0.25) is 0 Å². The van der Waals surface area contributed by atoms with E-state index in [9.17, 15) is 4.79 Å². The quantitative estimate of drug-likeness (QED) is 0.674. The molecule has 0 unspecified atom stereocenters. The van der Waals surface area contributed by atoms with Crippen LogP contribution in [-0.2, 0) is 6.54 Å². The van der Waals surface area contributed by atoms with Gasteiger partial charge in [-0.25, -0.2) is 0 Å². The summed E-state index contributed by atoms with van der Waals surface area (Å²) in [5.41, 5.74) is 4.15. The van der Waals surface area contributed by atoms with Crippen LogP contribution in [-0.4, -0.2) is 46.8 Å². The van der Waals surface area contributed by atoms with Gasteiger partial charge in [-0.3, -0.25) is 9.48 Å². The first-order valence-corrected chi connectivity index (χ1v) is 9.85. The third-order valence-corrected chi connectivity index (χ3v) is 5.38. The van der Waals surface area contributed by atoms with E-state index in [1.165, 1.54) is 5.56 Å². The number of nitrogens with zero attached hydrogens (tertiary/aromatic N) is 4. The average Bonchev–Trinajstić information content (AvgIpc) is 3.18. The van der Waals surface area contributed by atoms with Crippen molar-refractivity contribution < 1.29 is 4.79 Å². The van der Waals surface area contributed by atoms with Gasteiger partial charge in [-0.15, -0.1) is 0 Å². The summed E-state index contributed by atoms with van der Waals surface area (Å²) in [6, 6.07) is 16.1. The molecule has 0 aliphatic carbocycles. The van der Waals surface area contributed by atoms with Crippen LogP contribution in [0.2, 0.25) is 5.02 Å². The van der Waals surface area contributed by atoms with E-state index in [1.807, 2.05) is 52.2 Å². The van der Waals surface area contributed by atoms with Crippen LogP contribution < -0.4 is 4.90 Å². The van der Waals surface area contributed by atoms with Crippen molar-refractivity contribution in [3.05, 3.63) is 82.6 Å².